The number of nitrogens with one attached hydrogen (secondary N) is 1. The van der Waals surface area contributed by atoms with Gasteiger partial charge in [-0.2, -0.15) is 5.10 Å². The monoisotopic (exact) mass is 508 g/mol. The first kappa shape index (κ1) is 24.7. The summed E-state index contributed by atoms with van der Waals surface area (Å²) >= 11 is 0. The predicted molar refractivity (Wildman–Crippen MR) is 132 cm³/mol. The van der Waals surface area contributed by atoms with E-state index in [0.717, 1.165) is 23.0 Å². The molecule has 0 radical (unpaired) electrons. The van der Waals surface area contributed by atoms with E-state index in [1.165, 1.54) is 37.7 Å². The van der Waals surface area contributed by atoms with Gasteiger partial charge in [0.2, 0.25) is 5.88 Å². The van der Waals surface area contributed by atoms with Crippen LogP contribution in [0.1, 0.15) is 27.3 Å². The lowest BCUT2D eigenvalue weighted by atomic mass is 10.2. The van der Waals surface area contributed by atoms with Gasteiger partial charge in [0.05, 0.1) is 23.3 Å². The molecule has 4 aromatic rings. The van der Waals surface area contributed by atoms with E-state index in [4.69, 9.17) is 15.2 Å². The number of aromatic nitrogens is 4. The minimum atomic E-state index is -3.99. The van der Waals surface area contributed by atoms with Crippen LogP contribution >= 0.6 is 0 Å². The van der Waals surface area contributed by atoms with E-state index < -0.39 is 15.9 Å². The molecule has 36 heavy (non-hydrogen) atoms. The second kappa shape index (κ2) is 9.66. The Balaban J connectivity index is 1.51. The number of hydrogen-bond acceptors (Lipinski definition) is 8. The number of primary amides is 1. The lowest BCUT2D eigenvalue weighted by molar-refractivity contribution is 0.0997. The predicted octanol–water partition coefficient (Wildman–Crippen LogP) is 3.29. The summed E-state index contributed by atoms with van der Waals surface area (Å²) in [7, 11) is -2.63. The molecule has 186 valence electrons. The second-order valence-corrected chi connectivity index (χ2v) is 9.56. The van der Waals surface area contributed by atoms with Crippen molar-refractivity contribution >= 4 is 21.6 Å². The fourth-order valence-corrected chi connectivity index (χ4v) is 4.50. The van der Waals surface area contributed by atoms with Gasteiger partial charge in [0, 0.05) is 17.4 Å². The number of carbonyl (C=O) groups excluding carboxylic acids is 1. The zero-order chi connectivity index (χ0) is 26.0. The summed E-state index contributed by atoms with van der Waals surface area (Å²) in [4.78, 5) is 19.9. The van der Waals surface area contributed by atoms with Crippen molar-refractivity contribution < 1.29 is 22.7 Å². The van der Waals surface area contributed by atoms with Crippen LogP contribution in [0.2, 0.25) is 0 Å². The fourth-order valence-electron chi connectivity index (χ4n) is 3.42. The minimum Gasteiger partial charge on any atom is -0.496 e. The standard InChI is InChI=1S/C24H24N6O5S/c1-14-15(2)28-30(16(14)3)22-12-23(27-13-26-22)35-18-7-5-17(6-8-18)29-36(32,33)19-9-10-21(34-4)20(11-19)24(25)31/h5-13,29H,1-4H3,(H2,25,31). The number of nitrogens with zero attached hydrogens (tertiary/aromatic N) is 4. The van der Waals surface area contributed by atoms with Crippen LogP contribution in [0.5, 0.6) is 17.4 Å². The van der Waals surface area contributed by atoms with Crippen LogP contribution in [0.25, 0.3) is 5.82 Å². The van der Waals surface area contributed by atoms with Crippen LogP contribution in [0, 0.1) is 20.8 Å². The summed E-state index contributed by atoms with van der Waals surface area (Å²) in [6.45, 7) is 5.88. The Morgan fingerprint density at radius 1 is 1.03 bits per heavy atom. The Kier molecular flexibility index (Phi) is 6.62. The van der Waals surface area contributed by atoms with E-state index in [2.05, 4.69) is 19.8 Å². The number of sulfonamides is 1. The van der Waals surface area contributed by atoms with Gasteiger partial charge < -0.3 is 15.2 Å². The van der Waals surface area contributed by atoms with E-state index in [9.17, 15) is 13.2 Å². The van der Waals surface area contributed by atoms with Crippen molar-refractivity contribution in [3.05, 3.63) is 77.4 Å². The molecule has 0 aliphatic carbocycles. The van der Waals surface area contributed by atoms with Crippen molar-refractivity contribution in [2.45, 2.75) is 25.7 Å². The van der Waals surface area contributed by atoms with Crippen molar-refractivity contribution in [1.82, 2.24) is 19.7 Å². The molecule has 2 aromatic heterocycles. The average Bonchev–Trinajstić information content (AvgIpc) is 3.12. The zero-order valence-electron chi connectivity index (χ0n) is 20.0. The van der Waals surface area contributed by atoms with Crippen LogP contribution < -0.4 is 19.9 Å². The number of anilines is 1. The third-order valence-electron chi connectivity index (χ3n) is 5.57. The van der Waals surface area contributed by atoms with Gasteiger partial charge in [-0.1, -0.05) is 0 Å². The first-order valence-corrected chi connectivity index (χ1v) is 12.2. The minimum absolute atomic E-state index is 0.0380. The molecule has 0 saturated carbocycles. The van der Waals surface area contributed by atoms with Crippen molar-refractivity contribution in [2.75, 3.05) is 11.8 Å². The highest BCUT2D eigenvalue weighted by Gasteiger charge is 2.19. The molecule has 0 unspecified atom stereocenters. The summed E-state index contributed by atoms with van der Waals surface area (Å²) in [6, 6.07) is 11.8. The number of nitrogens with two attached hydrogens (primary N) is 1. The Morgan fingerprint density at radius 3 is 2.36 bits per heavy atom. The highest BCUT2D eigenvalue weighted by molar-refractivity contribution is 7.92. The largest absolute Gasteiger partial charge is 0.496 e. The second-order valence-electron chi connectivity index (χ2n) is 7.88. The van der Waals surface area contributed by atoms with E-state index in [-0.39, 0.29) is 16.2 Å². The van der Waals surface area contributed by atoms with Crippen LogP contribution in [0.15, 0.2) is 59.8 Å². The molecule has 0 fully saturated rings. The lowest BCUT2D eigenvalue weighted by Gasteiger charge is -2.12. The van der Waals surface area contributed by atoms with Crippen LogP contribution in [0.4, 0.5) is 5.69 Å². The summed E-state index contributed by atoms with van der Waals surface area (Å²) in [6.07, 6.45) is 1.38. The third kappa shape index (κ3) is 4.98. The van der Waals surface area contributed by atoms with E-state index in [0.29, 0.717) is 23.1 Å². The molecular weight excluding hydrogens is 484 g/mol. The van der Waals surface area contributed by atoms with Gasteiger partial charge in [-0.25, -0.2) is 23.1 Å². The molecule has 3 N–H and O–H groups in total. The summed E-state index contributed by atoms with van der Waals surface area (Å²) in [5.41, 5.74) is 8.54. The maximum absolute atomic E-state index is 12.8. The van der Waals surface area contributed by atoms with Crippen LogP contribution in [0.3, 0.4) is 0 Å². The topological polar surface area (TPSA) is 151 Å². The van der Waals surface area contributed by atoms with Crippen molar-refractivity contribution in [2.24, 2.45) is 5.73 Å². The SMILES string of the molecule is COc1ccc(S(=O)(=O)Nc2ccc(Oc3cc(-n4nc(C)c(C)c4C)ncn3)cc2)cc1C(N)=O. The molecule has 0 bridgehead atoms. The first-order chi connectivity index (χ1) is 17.1. The average molecular weight is 509 g/mol. The zero-order valence-corrected chi connectivity index (χ0v) is 20.8. The van der Waals surface area contributed by atoms with Gasteiger partial charge in [0.15, 0.2) is 5.82 Å². The Morgan fingerprint density at radius 2 is 1.75 bits per heavy atom. The molecule has 11 nitrogen and oxygen atoms in total. The maximum atomic E-state index is 12.8. The number of rotatable bonds is 8. The van der Waals surface area contributed by atoms with Crippen LogP contribution in [-0.2, 0) is 10.0 Å². The molecule has 0 atom stereocenters. The molecule has 0 saturated heterocycles. The van der Waals surface area contributed by atoms with Gasteiger partial charge in [0.25, 0.3) is 15.9 Å². The van der Waals surface area contributed by atoms with E-state index >= 15 is 0 Å². The molecule has 4 rings (SSSR count). The molecule has 0 spiro atoms. The maximum Gasteiger partial charge on any atom is 0.261 e. The number of methoxy groups -OCH3 is 1. The fraction of sp³-hybridized carbons (Fsp3) is 0.167. The molecule has 2 heterocycles. The van der Waals surface area contributed by atoms with Gasteiger partial charge >= 0.3 is 0 Å². The normalized spacial score (nSPS) is 11.2. The summed E-state index contributed by atoms with van der Waals surface area (Å²) in [5.74, 6) is 0.686. The quantitative estimate of drug-likeness (QED) is 0.368. The Hall–Kier alpha value is -4.45. The molecule has 1 amide bonds. The van der Waals surface area contributed by atoms with Gasteiger partial charge in [-0.05, 0) is 68.8 Å². The number of amides is 1. The smallest absolute Gasteiger partial charge is 0.261 e. The van der Waals surface area contributed by atoms with Crippen LogP contribution in [-0.4, -0.2) is 41.2 Å². The summed E-state index contributed by atoms with van der Waals surface area (Å²) < 4.78 is 40.7. The van der Waals surface area contributed by atoms with Gasteiger partial charge in [0.1, 0.15) is 17.8 Å². The third-order valence-corrected chi connectivity index (χ3v) is 6.95. The highest BCUT2D eigenvalue weighted by atomic mass is 32.2. The van der Waals surface area contributed by atoms with E-state index in [1.54, 1.807) is 22.9 Å². The highest BCUT2D eigenvalue weighted by Crippen LogP contribution is 2.26. The van der Waals surface area contributed by atoms with Crippen molar-refractivity contribution in [3.8, 4) is 23.2 Å². The number of aryl methyl sites for hydroxylation is 1. The molecule has 12 heteroatoms. The molecule has 0 aliphatic heterocycles. The number of carbonyl (C=O) groups is 1. The van der Waals surface area contributed by atoms with Gasteiger partial charge in [-0.3, -0.25) is 9.52 Å². The Bertz CT molecular complexity index is 1550. The Labute approximate surface area is 208 Å². The molecule has 0 aliphatic rings. The first-order valence-electron chi connectivity index (χ1n) is 10.7. The molecule has 2 aromatic carbocycles. The summed E-state index contributed by atoms with van der Waals surface area (Å²) in [5, 5.41) is 4.50. The van der Waals surface area contributed by atoms with Gasteiger partial charge in [-0.15, -0.1) is 0 Å². The van der Waals surface area contributed by atoms with E-state index in [1.807, 2.05) is 20.8 Å². The van der Waals surface area contributed by atoms with Crippen molar-refractivity contribution in [3.63, 3.8) is 0 Å². The van der Waals surface area contributed by atoms with Crippen molar-refractivity contribution in [1.29, 1.82) is 0 Å². The number of benzene rings is 2. The number of ether oxygens (including phenoxy) is 2. The lowest BCUT2D eigenvalue weighted by Crippen LogP contribution is -2.16. The number of hydrogen-bond donors (Lipinski definition) is 2. The molecular formula is C24H24N6O5S.